The minimum Gasteiger partial charge on any atom is -0.388 e. The van der Waals surface area contributed by atoms with Crippen LogP contribution >= 0.6 is 0 Å². The van der Waals surface area contributed by atoms with E-state index in [-0.39, 0.29) is 51.8 Å². The van der Waals surface area contributed by atoms with Gasteiger partial charge in [-0.05, 0) is 105 Å². The van der Waals surface area contributed by atoms with Gasteiger partial charge in [-0.1, -0.05) is 34.6 Å². The molecule has 3 saturated heterocycles. The van der Waals surface area contributed by atoms with Crippen LogP contribution in [0.4, 0.5) is 0 Å². The van der Waals surface area contributed by atoms with Gasteiger partial charge in [-0.2, -0.15) is 0 Å². The van der Waals surface area contributed by atoms with Crippen molar-refractivity contribution < 1.29 is 44.5 Å². The van der Waals surface area contributed by atoms with Crippen molar-refractivity contribution in [1.82, 2.24) is 0 Å². The topological polar surface area (TPSA) is 138 Å². The number of hydrogen-bond donors (Lipinski definition) is 5. The molecule has 9 nitrogen and oxygen atoms in total. The molecule has 0 radical (unpaired) electrons. The second-order valence-corrected chi connectivity index (χ2v) is 18.3. The van der Waals surface area contributed by atoms with Gasteiger partial charge in [-0.3, -0.25) is 0 Å². The maximum atomic E-state index is 12.7. The first-order valence-electron chi connectivity index (χ1n) is 17.5. The van der Waals surface area contributed by atoms with Gasteiger partial charge in [0.15, 0.2) is 12.1 Å². The molecule has 8 aliphatic rings. The standard InChI is InChI=1S/C35H56O9/c1-17-14-19-26(30(4,5)40)44-35(43-19)25(17)31(6)12-13-34-16-33(34)11-10-22(42-27-24(38)23(37)18(36)15-41-27)29(2,3)20(33)8-9-21(34)32(31,7)28(35)39/h17-28,36-40H,8-16H2,1-7H3/t17?,18?,19-,20-,21-,22?,23?,24?,25-,26?,27?,28?,31+,32+,33+,34-,35-/m0/s1. The molecule has 0 amide bonds. The Morgan fingerprint density at radius 3 is 2.23 bits per heavy atom. The van der Waals surface area contributed by atoms with E-state index in [1.54, 1.807) is 13.8 Å². The molecule has 3 aliphatic heterocycles. The summed E-state index contributed by atoms with van der Waals surface area (Å²) in [6.45, 7) is 15.2. The second kappa shape index (κ2) is 9.00. The summed E-state index contributed by atoms with van der Waals surface area (Å²) in [7, 11) is 0. The Hall–Kier alpha value is -0.360. The summed E-state index contributed by atoms with van der Waals surface area (Å²) in [5, 5.41) is 54.5. The van der Waals surface area contributed by atoms with Gasteiger partial charge in [0.2, 0.25) is 0 Å². The molecule has 5 saturated carbocycles. The summed E-state index contributed by atoms with van der Waals surface area (Å²) in [5.41, 5.74) is -1.39. The van der Waals surface area contributed by atoms with Crippen molar-refractivity contribution in [1.29, 1.82) is 0 Å². The second-order valence-electron chi connectivity index (χ2n) is 18.3. The van der Waals surface area contributed by atoms with Gasteiger partial charge >= 0.3 is 0 Å². The lowest BCUT2D eigenvalue weighted by molar-refractivity contribution is -0.303. The first-order chi connectivity index (χ1) is 20.4. The molecule has 3 spiro atoms. The molecule has 17 atom stereocenters. The zero-order chi connectivity index (χ0) is 31.6. The van der Waals surface area contributed by atoms with Gasteiger partial charge in [-0.25, -0.2) is 0 Å². The fourth-order valence-electron chi connectivity index (χ4n) is 14.0. The molecular weight excluding hydrogens is 564 g/mol. The first-order valence-corrected chi connectivity index (χ1v) is 17.5. The zero-order valence-electron chi connectivity index (χ0n) is 27.7. The SMILES string of the molecule is CC1C[C@@H]2O[C@@]3(OC2C(C)(C)O)C(O)[C@@]2(C)[C@@H]4CC[C@H]5C(C)(C)C(OC6OCC(O)C(O)C6O)CC[C@@]56C[C@@]46CC[C@]2(C)[C@H]13. The highest BCUT2D eigenvalue weighted by atomic mass is 16.8. The molecule has 250 valence electrons. The summed E-state index contributed by atoms with van der Waals surface area (Å²) in [5.74, 6) is 0.108. The average molecular weight is 621 g/mol. The third kappa shape index (κ3) is 3.38. The number of aliphatic hydroxyl groups excluding tert-OH is 4. The van der Waals surface area contributed by atoms with Gasteiger partial charge in [0.1, 0.15) is 30.5 Å². The van der Waals surface area contributed by atoms with Crippen LogP contribution in [0.5, 0.6) is 0 Å². The summed E-state index contributed by atoms with van der Waals surface area (Å²) < 4.78 is 25.8. The molecule has 0 aromatic carbocycles. The van der Waals surface area contributed by atoms with Crippen LogP contribution in [-0.4, -0.2) is 92.5 Å². The molecule has 0 aromatic heterocycles. The van der Waals surface area contributed by atoms with Crippen LogP contribution in [0.1, 0.15) is 99.8 Å². The van der Waals surface area contributed by atoms with Gasteiger partial charge < -0.3 is 44.5 Å². The Kier molecular flexibility index (Phi) is 6.33. The van der Waals surface area contributed by atoms with Crippen LogP contribution in [0.15, 0.2) is 0 Å². The van der Waals surface area contributed by atoms with Crippen molar-refractivity contribution in [3.05, 3.63) is 0 Å². The highest BCUT2D eigenvalue weighted by Crippen LogP contribution is 2.90. The fraction of sp³-hybridized carbons (Fsp3) is 1.00. The third-order valence-corrected chi connectivity index (χ3v) is 15.9. The summed E-state index contributed by atoms with van der Waals surface area (Å²) >= 11 is 0. The van der Waals surface area contributed by atoms with Crippen LogP contribution < -0.4 is 0 Å². The van der Waals surface area contributed by atoms with E-state index < -0.39 is 48.2 Å². The molecule has 5 aliphatic carbocycles. The minimum atomic E-state index is -1.28. The highest BCUT2D eigenvalue weighted by molar-refractivity contribution is 5.34. The number of fused-ring (bicyclic) bond motifs is 4. The molecule has 3 heterocycles. The average Bonchev–Trinajstić information content (AvgIpc) is 3.45. The van der Waals surface area contributed by atoms with Crippen molar-refractivity contribution in [2.45, 2.75) is 160 Å². The van der Waals surface area contributed by atoms with Crippen LogP contribution in [0.25, 0.3) is 0 Å². The van der Waals surface area contributed by atoms with Crippen molar-refractivity contribution in [3.63, 3.8) is 0 Å². The monoisotopic (exact) mass is 620 g/mol. The van der Waals surface area contributed by atoms with Gasteiger partial charge in [0.25, 0.3) is 0 Å². The van der Waals surface area contributed by atoms with Crippen molar-refractivity contribution >= 4 is 0 Å². The number of rotatable bonds is 3. The van der Waals surface area contributed by atoms with Gasteiger partial charge in [0.05, 0.1) is 24.4 Å². The van der Waals surface area contributed by atoms with E-state index in [0.717, 1.165) is 44.9 Å². The maximum absolute atomic E-state index is 12.7. The van der Waals surface area contributed by atoms with Crippen molar-refractivity contribution in [2.75, 3.05) is 6.61 Å². The Labute approximate surface area is 262 Å². The normalized spacial score (nSPS) is 62.2. The molecule has 5 N–H and O–H groups in total. The number of hydrogen-bond acceptors (Lipinski definition) is 9. The van der Waals surface area contributed by atoms with E-state index in [1.165, 1.54) is 6.42 Å². The van der Waals surface area contributed by atoms with E-state index >= 15 is 0 Å². The largest absolute Gasteiger partial charge is 0.388 e. The Balaban J connectivity index is 1.10. The maximum Gasteiger partial charge on any atom is 0.199 e. The molecule has 8 fully saturated rings. The van der Waals surface area contributed by atoms with E-state index in [0.29, 0.717) is 17.8 Å². The lowest BCUT2D eigenvalue weighted by atomic mass is 9.41. The zero-order valence-corrected chi connectivity index (χ0v) is 27.7. The van der Waals surface area contributed by atoms with E-state index in [1.807, 2.05) is 0 Å². The van der Waals surface area contributed by atoms with Crippen molar-refractivity contribution in [2.24, 2.45) is 50.7 Å². The van der Waals surface area contributed by atoms with Crippen LogP contribution in [0.3, 0.4) is 0 Å². The van der Waals surface area contributed by atoms with Crippen LogP contribution in [0, 0.1) is 50.7 Å². The Bertz CT molecular complexity index is 1200. The van der Waals surface area contributed by atoms with Crippen molar-refractivity contribution in [3.8, 4) is 0 Å². The Morgan fingerprint density at radius 1 is 0.841 bits per heavy atom. The predicted octanol–water partition coefficient (Wildman–Crippen LogP) is 3.12. The lowest BCUT2D eigenvalue weighted by Crippen LogP contribution is -2.61. The quantitative estimate of drug-likeness (QED) is 0.301. The molecule has 44 heavy (non-hydrogen) atoms. The molecular formula is C35H56O9. The smallest absolute Gasteiger partial charge is 0.199 e. The van der Waals surface area contributed by atoms with Crippen LogP contribution in [0.2, 0.25) is 0 Å². The van der Waals surface area contributed by atoms with Crippen LogP contribution in [-0.2, 0) is 18.9 Å². The summed E-state index contributed by atoms with van der Waals surface area (Å²) in [6.07, 6.45) is 2.00. The summed E-state index contributed by atoms with van der Waals surface area (Å²) in [4.78, 5) is 0. The first kappa shape index (κ1) is 30.9. The number of aliphatic hydroxyl groups is 5. The molecule has 8 unspecified atom stereocenters. The minimum absolute atomic E-state index is 0.0559. The molecule has 8 rings (SSSR count). The number of ether oxygens (including phenoxy) is 4. The highest BCUT2D eigenvalue weighted by Gasteiger charge is 2.88. The van der Waals surface area contributed by atoms with E-state index in [4.69, 9.17) is 18.9 Å². The third-order valence-electron chi connectivity index (χ3n) is 15.9. The fourth-order valence-corrected chi connectivity index (χ4v) is 14.0. The van der Waals surface area contributed by atoms with E-state index in [2.05, 4.69) is 34.6 Å². The van der Waals surface area contributed by atoms with Gasteiger partial charge in [0, 0.05) is 11.3 Å². The Morgan fingerprint density at radius 2 is 1.52 bits per heavy atom. The van der Waals surface area contributed by atoms with Gasteiger partial charge in [-0.15, -0.1) is 0 Å². The summed E-state index contributed by atoms with van der Waals surface area (Å²) in [6, 6.07) is 0. The predicted molar refractivity (Wildman–Crippen MR) is 159 cm³/mol. The molecule has 2 bridgehead atoms. The molecule has 9 heteroatoms. The molecule has 0 aromatic rings. The lowest BCUT2D eigenvalue weighted by Gasteiger charge is -2.63. The van der Waals surface area contributed by atoms with E-state index in [9.17, 15) is 25.5 Å².